The molecule has 7 nitrogen and oxygen atoms in total. The Labute approximate surface area is 242 Å². The zero-order valence-corrected chi connectivity index (χ0v) is 24.1. The molecule has 1 atom stereocenters. The lowest BCUT2D eigenvalue weighted by Gasteiger charge is -2.25. The molecule has 0 saturated carbocycles. The Kier molecular flexibility index (Phi) is 10.6. The molecule has 41 heavy (non-hydrogen) atoms. The molecule has 1 amide bonds. The number of hydrogen-bond donors (Lipinski definition) is 1. The molecule has 7 heteroatoms. The predicted molar refractivity (Wildman–Crippen MR) is 159 cm³/mol. The summed E-state index contributed by atoms with van der Waals surface area (Å²) in [4.78, 5) is 27.9. The third-order valence-corrected chi connectivity index (χ3v) is 7.12. The van der Waals surface area contributed by atoms with Crippen LogP contribution in [0.4, 0.5) is 0 Å². The van der Waals surface area contributed by atoms with Crippen molar-refractivity contribution in [1.29, 1.82) is 0 Å². The van der Waals surface area contributed by atoms with Crippen LogP contribution in [-0.4, -0.2) is 48.6 Å². The van der Waals surface area contributed by atoms with E-state index in [0.717, 1.165) is 41.7 Å². The maximum atomic E-state index is 13.3. The summed E-state index contributed by atoms with van der Waals surface area (Å²) >= 11 is 0. The Hall–Kier alpha value is -4.10. The Morgan fingerprint density at radius 2 is 1.59 bits per heavy atom. The first-order valence-corrected chi connectivity index (χ1v) is 14.2. The normalized spacial score (nSPS) is 16.3. The summed E-state index contributed by atoms with van der Waals surface area (Å²) in [6.07, 6.45) is 3.76. The standard InChI is InChI=1S/C34H39NO6/c1-4-5-6-21-40-28-15-11-26(12-16-28)31-30(33(37)34(38)35(31)19-8-20-39-3)32(36)27-13-17-29(18-14-27)41-23-25-10-7-9-24(2)22-25/h7,9-18,22,31,36H,4-6,8,19-21,23H2,1-3H3. The van der Waals surface area contributed by atoms with Crippen LogP contribution in [-0.2, 0) is 20.9 Å². The molecule has 1 unspecified atom stereocenters. The second kappa shape index (κ2) is 14.5. The Morgan fingerprint density at radius 1 is 0.878 bits per heavy atom. The maximum Gasteiger partial charge on any atom is 0.295 e. The molecule has 3 aromatic carbocycles. The van der Waals surface area contributed by atoms with E-state index in [9.17, 15) is 14.7 Å². The van der Waals surface area contributed by atoms with Gasteiger partial charge in [-0.2, -0.15) is 0 Å². The fourth-order valence-corrected chi connectivity index (χ4v) is 4.96. The van der Waals surface area contributed by atoms with Crippen molar-refractivity contribution in [1.82, 2.24) is 4.90 Å². The number of nitrogens with zero attached hydrogens (tertiary/aromatic N) is 1. The highest BCUT2D eigenvalue weighted by Crippen LogP contribution is 2.40. The number of carbonyl (C=O) groups is 2. The first-order chi connectivity index (χ1) is 19.9. The number of aryl methyl sites for hydroxylation is 1. The third-order valence-electron chi connectivity index (χ3n) is 7.12. The lowest BCUT2D eigenvalue weighted by molar-refractivity contribution is -0.140. The number of aliphatic hydroxyl groups excluding tert-OH is 1. The zero-order valence-electron chi connectivity index (χ0n) is 24.1. The molecule has 0 spiro atoms. The topological polar surface area (TPSA) is 85.3 Å². The van der Waals surface area contributed by atoms with Gasteiger partial charge in [0.1, 0.15) is 23.9 Å². The van der Waals surface area contributed by atoms with Crippen molar-refractivity contribution in [3.63, 3.8) is 0 Å². The van der Waals surface area contributed by atoms with E-state index in [4.69, 9.17) is 14.2 Å². The number of aliphatic hydroxyl groups is 1. The van der Waals surface area contributed by atoms with Crippen molar-refractivity contribution >= 4 is 17.4 Å². The largest absolute Gasteiger partial charge is 0.507 e. The molecule has 1 fully saturated rings. The van der Waals surface area contributed by atoms with Crippen molar-refractivity contribution in [2.75, 3.05) is 26.9 Å². The summed E-state index contributed by atoms with van der Waals surface area (Å²) in [6, 6.07) is 21.7. The maximum absolute atomic E-state index is 13.3. The molecule has 0 aliphatic carbocycles. The Bertz CT molecular complexity index is 1350. The van der Waals surface area contributed by atoms with E-state index in [2.05, 4.69) is 13.0 Å². The van der Waals surface area contributed by atoms with Crippen LogP contribution in [0.25, 0.3) is 5.76 Å². The van der Waals surface area contributed by atoms with Gasteiger partial charge in [-0.05, 0) is 67.3 Å². The van der Waals surface area contributed by atoms with Crippen molar-refractivity contribution < 1.29 is 28.9 Å². The number of unbranched alkanes of at least 4 members (excludes halogenated alkanes) is 2. The van der Waals surface area contributed by atoms with Crippen LogP contribution in [0.3, 0.4) is 0 Å². The molecule has 0 bridgehead atoms. The van der Waals surface area contributed by atoms with Gasteiger partial charge in [0.25, 0.3) is 11.7 Å². The molecular formula is C34H39NO6. The highest BCUT2D eigenvalue weighted by molar-refractivity contribution is 6.46. The van der Waals surface area contributed by atoms with Gasteiger partial charge in [-0.3, -0.25) is 9.59 Å². The van der Waals surface area contributed by atoms with Gasteiger partial charge in [-0.1, -0.05) is 61.7 Å². The van der Waals surface area contributed by atoms with Gasteiger partial charge in [0.2, 0.25) is 0 Å². The molecule has 3 aromatic rings. The molecule has 0 radical (unpaired) electrons. The summed E-state index contributed by atoms with van der Waals surface area (Å²) in [5, 5.41) is 11.4. The molecule has 1 saturated heterocycles. The third kappa shape index (κ3) is 7.55. The minimum Gasteiger partial charge on any atom is -0.507 e. The smallest absolute Gasteiger partial charge is 0.295 e. The number of carbonyl (C=O) groups excluding carboxylic acids is 2. The van der Waals surface area contributed by atoms with Gasteiger partial charge < -0.3 is 24.2 Å². The second-order valence-corrected chi connectivity index (χ2v) is 10.3. The molecular weight excluding hydrogens is 518 g/mol. The van der Waals surface area contributed by atoms with Gasteiger partial charge in [-0.25, -0.2) is 0 Å². The molecule has 1 heterocycles. The SMILES string of the molecule is CCCCCOc1ccc(C2C(=C(O)c3ccc(OCc4cccc(C)c4)cc3)C(=O)C(=O)N2CCCOC)cc1. The van der Waals surface area contributed by atoms with Crippen molar-refractivity contribution in [2.45, 2.75) is 52.2 Å². The van der Waals surface area contributed by atoms with Crippen LogP contribution in [0.5, 0.6) is 11.5 Å². The number of methoxy groups -OCH3 is 1. The minimum atomic E-state index is -0.724. The van der Waals surface area contributed by atoms with Gasteiger partial charge in [0, 0.05) is 25.8 Å². The van der Waals surface area contributed by atoms with Gasteiger partial charge in [-0.15, -0.1) is 0 Å². The van der Waals surface area contributed by atoms with Gasteiger partial charge in [0.15, 0.2) is 0 Å². The quantitative estimate of drug-likeness (QED) is 0.104. The first kappa shape index (κ1) is 29.9. The second-order valence-electron chi connectivity index (χ2n) is 10.3. The average molecular weight is 558 g/mol. The fourth-order valence-electron chi connectivity index (χ4n) is 4.96. The van der Waals surface area contributed by atoms with Crippen LogP contribution in [0, 0.1) is 6.92 Å². The number of benzene rings is 3. The van der Waals surface area contributed by atoms with E-state index >= 15 is 0 Å². The van der Waals surface area contributed by atoms with Crippen LogP contribution >= 0.6 is 0 Å². The molecule has 0 aromatic heterocycles. The lowest BCUT2D eigenvalue weighted by atomic mass is 9.95. The van der Waals surface area contributed by atoms with Crippen LogP contribution in [0.1, 0.15) is 60.9 Å². The summed E-state index contributed by atoms with van der Waals surface area (Å²) in [6.45, 7) is 6.00. The summed E-state index contributed by atoms with van der Waals surface area (Å²) in [5.74, 6) is -0.195. The van der Waals surface area contributed by atoms with E-state index in [-0.39, 0.29) is 11.3 Å². The molecule has 1 N–H and O–H groups in total. The van der Waals surface area contributed by atoms with Crippen molar-refractivity contribution in [3.8, 4) is 11.5 Å². The number of ether oxygens (including phenoxy) is 3. The Morgan fingerprint density at radius 3 is 2.27 bits per heavy atom. The first-order valence-electron chi connectivity index (χ1n) is 14.2. The van der Waals surface area contributed by atoms with Gasteiger partial charge >= 0.3 is 0 Å². The van der Waals surface area contributed by atoms with Crippen LogP contribution < -0.4 is 9.47 Å². The number of likely N-dealkylation sites (tertiary alicyclic amines) is 1. The monoisotopic (exact) mass is 557 g/mol. The Balaban J connectivity index is 1.59. The highest BCUT2D eigenvalue weighted by Gasteiger charge is 2.45. The van der Waals surface area contributed by atoms with E-state index < -0.39 is 17.7 Å². The van der Waals surface area contributed by atoms with Crippen LogP contribution in [0.15, 0.2) is 78.4 Å². The number of rotatable bonds is 14. The molecule has 216 valence electrons. The van der Waals surface area contributed by atoms with Gasteiger partial charge in [0.05, 0.1) is 18.2 Å². The van der Waals surface area contributed by atoms with Crippen LogP contribution in [0.2, 0.25) is 0 Å². The molecule has 1 aliphatic heterocycles. The summed E-state index contributed by atoms with van der Waals surface area (Å²) in [7, 11) is 1.60. The van der Waals surface area contributed by atoms with Crippen molar-refractivity contribution in [3.05, 3.63) is 101 Å². The predicted octanol–water partition coefficient (Wildman–Crippen LogP) is 6.60. The minimum absolute atomic E-state index is 0.0671. The van der Waals surface area contributed by atoms with E-state index in [1.165, 1.54) is 4.90 Å². The number of Topliss-reactive ketones (excluding diaryl/α,β-unsaturated/α-hetero) is 1. The number of ketones is 1. The number of hydrogen-bond acceptors (Lipinski definition) is 6. The summed E-state index contributed by atoms with van der Waals surface area (Å²) < 4.78 is 16.9. The lowest BCUT2D eigenvalue weighted by Crippen LogP contribution is -2.31. The van der Waals surface area contributed by atoms with E-state index in [1.54, 1.807) is 31.4 Å². The molecule has 1 aliphatic rings. The highest BCUT2D eigenvalue weighted by atomic mass is 16.5. The number of amides is 1. The fraction of sp³-hybridized carbons (Fsp3) is 0.353. The van der Waals surface area contributed by atoms with Crippen molar-refractivity contribution in [2.24, 2.45) is 0 Å². The summed E-state index contributed by atoms with van der Waals surface area (Å²) in [5.41, 5.74) is 3.44. The average Bonchev–Trinajstić information content (AvgIpc) is 3.24. The zero-order chi connectivity index (χ0) is 29.2. The molecule has 4 rings (SSSR count). The van der Waals surface area contributed by atoms with E-state index in [0.29, 0.717) is 44.1 Å². The van der Waals surface area contributed by atoms with E-state index in [1.807, 2.05) is 49.4 Å².